The number of anilines is 2. The highest BCUT2D eigenvalue weighted by Gasteiger charge is 2.26. The second-order valence-corrected chi connectivity index (χ2v) is 8.41. The maximum atomic E-state index is 13.0. The summed E-state index contributed by atoms with van der Waals surface area (Å²) in [5, 5.41) is 5.37. The van der Waals surface area contributed by atoms with E-state index in [1.807, 2.05) is 36.4 Å². The molecule has 1 N–H and O–H groups in total. The molecule has 0 radical (unpaired) electrons. The van der Waals surface area contributed by atoms with Gasteiger partial charge in [0.1, 0.15) is 12.1 Å². The quantitative estimate of drug-likeness (QED) is 0.474. The van der Waals surface area contributed by atoms with Crippen LogP contribution in [0.5, 0.6) is 0 Å². The Labute approximate surface area is 188 Å². The smallest absolute Gasteiger partial charge is 0.227 e. The van der Waals surface area contributed by atoms with Gasteiger partial charge in [-0.25, -0.2) is 9.97 Å². The number of carbonyl (C=O) groups is 1. The minimum Gasteiger partial charge on any atom is -0.356 e. The summed E-state index contributed by atoms with van der Waals surface area (Å²) in [6.45, 7) is 3.69. The SMILES string of the molecule is Cc1cccc(-c2cc(N3CCC(C(=O)Nc4cccc5ccccc45)CC3)ncn2)c1. The Morgan fingerprint density at radius 1 is 0.938 bits per heavy atom. The first-order valence-corrected chi connectivity index (χ1v) is 11.1. The fourth-order valence-corrected chi connectivity index (χ4v) is 4.42. The number of fused-ring (bicyclic) bond motifs is 1. The van der Waals surface area contributed by atoms with Crippen LogP contribution in [0.2, 0.25) is 0 Å². The zero-order valence-corrected chi connectivity index (χ0v) is 18.2. The molecule has 1 aliphatic rings. The average molecular weight is 423 g/mol. The highest BCUT2D eigenvalue weighted by atomic mass is 16.1. The van der Waals surface area contributed by atoms with E-state index in [-0.39, 0.29) is 11.8 Å². The molecule has 32 heavy (non-hydrogen) atoms. The number of hydrogen-bond donors (Lipinski definition) is 1. The minimum atomic E-state index is 0.00305. The first-order chi connectivity index (χ1) is 15.7. The molecule has 2 heterocycles. The van der Waals surface area contributed by atoms with Crippen molar-refractivity contribution in [3.63, 3.8) is 0 Å². The fourth-order valence-electron chi connectivity index (χ4n) is 4.42. The van der Waals surface area contributed by atoms with Crippen LogP contribution >= 0.6 is 0 Å². The van der Waals surface area contributed by atoms with Crippen molar-refractivity contribution in [1.29, 1.82) is 0 Å². The van der Waals surface area contributed by atoms with E-state index in [1.165, 1.54) is 5.56 Å². The first-order valence-electron chi connectivity index (χ1n) is 11.1. The van der Waals surface area contributed by atoms with Crippen LogP contribution in [0, 0.1) is 12.8 Å². The summed E-state index contributed by atoms with van der Waals surface area (Å²) in [5.41, 5.74) is 4.11. The molecule has 1 fully saturated rings. The van der Waals surface area contributed by atoms with Crippen LogP contribution in [0.4, 0.5) is 11.5 Å². The lowest BCUT2D eigenvalue weighted by Gasteiger charge is -2.32. The average Bonchev–Trinajstić information content (AvgIpc) is 2.84. The van der Waals surface area contributed by atoms with Gasteiger partial charge in [0.25, 0.3) is 0 Å². The lowest BCUT2D eigenvalue weighted by atomic mass is 9.95. The van der Waals surface area contributed by atoms with Crippen LogP contribution in [0.25, 0.3) is 22.0 Å². The van der Waals surface area contributed by atoms with Crippen molar-refractivity contribution >= 4 is 28.2 Å². The molecular weight excluding hydrogens is 396 g/mol. The summed E-state index contributed by atoms with van der Waals surface area (Å²) < 4.78 is 0. The molecule has 0 spiro atoms. The third-order valence-corrected chi connectivity index (χ3v) is 6.20. The largest absolute Gasteiger partial charge is 0.356 e. The number of aromatic nitrogens is 2. The molecule has 5 rings (SSSR count). The lowest BCUT2D eigenvalue weighted by molar-refractivity contribution is -0.120. The molecular formula is C27H26N4O. The Balaban J connectivity index is 1.25. The summed E-state index contributed by atoms with van der Waals surface area (Å²) in [6.07, 6.45) is 3.24. The zero-order valence-electron chi connectivity index (χ0n) is 18.2. The molecule has 5 heteroatoms. The van der Waals surface area contributed by atoms with Crippen LogP contribution in [0.1, 0.15) is 18.4 Å². The number of rotatable bonds is 4. The first kappa shape index (κ1) is 20.2. The summed E-state index contributed by atoms with van der Waals surface area (Å²) in [6, 6.07) is 24.5. The lowest BCUT2D eigenvalue weighted by Crippen LogP contribution is -2.38. The maximum absolute atomic E-state index is 13.0. The highest BCUT2D eigenvalue weighted by molar-refractivity contribution is 6.02. The predicted octanol–water partition coefficient (Wildman–Crippen LogP) is 5.46. The number of nitrogens with one attached hydrogen (secondary N) is 1. The molecule has 1 aliphatic heterocycles. The van der Waals surface area contributed by atoms with Crippen LogP contribution < -0.4 is 10.2 Å². The number of amides is 1. The Kier molecular flexibility index (Phi) is 5.55. The Hall–Kier alpha value is -3.73. The van der Waals surface area contributed by atoms with Crippen LogP contribution in [-0.4, -0.2) is 29.0 Å². The molecule has 0 unspecified atom stereocenters. The third-order valence-electron chi connectivity index (χ3n) is 6.20. The Morgan fingerprint density at radius 2 is 1.72 bits per heavy atom. The van der Waals surface area contributed by atoms with E-state index in [0.717, 1.165) is 59.5 Å². The van der Waals surface area contributed by atoms with Gasteiger partial charge in [-0.3, -0.25) is 4.79 Å². The summed E-state index contributed by atoms with van der Waals surface area (Å²) in [5.74, 6) is 1.02. The van der Waals surface area contributed by atoms with Crippen molar-refractivity contribution in [3.8, 4) is 11.3 Å². The van der Waals surface area contributed by atoms with Crippen molar-refractivity contribution < 1.29 is 4.79 Å². The predicted molar refractivity (Wildman–Crippen MR) is 130 cm³/mol. The number of hydrogen-bond acceptors (Lipinski definition) is 4. The molecule has 1 aromatic heterocycles. The molecule has 1 saturated heterocycles. The van der Waals surface area contributed by atoms with Crippen molar-refractivity contribution in [2.45, 2.75) is 19.8 Å². The summed E-state index contributed by atoms with van der Waals surface area (Å²) in [4.78, 5) is 24.2. The number of benzene rings is 3. The second-order valence-electron chi connectivity index (χ2n) is 8.41. The van der Waals surface area contributed by atoms with Gasteiger partial charge in [-0.2, -0.15) is 0 Å². The van der Waals surface area contributed by atoms with E-state index in [0.29, 0.717) is 0 Å². The van der Waals surface area contributed by atoms with Crippen LogP contribution in [-0.2, 0) is 4.79 Å². The number of piperidine rings is 1. The van der Waals surface area contributed by atoms with Crippen LogP contribution in [0.3, 0.4) is 0 Å². The Morgan fingerprint density at radius 3 is 2.56 bits per heavy atom. The summed E-state index contributed by atoms with van der Waals surface area (Å²) in [7, 11) is 0. The molecule has 3 aromatic carbocycles. The molecule has 5 nitrogen and oxygen atoms in total. The van der Waals surface area contributed by atoms with E-state index >= 15 is 0 Å². The highest BCUT2D eigenvalue weighted by Crippen LogP contribution is 2.28. The topological polar surface area (TPSA) is 58.1 Å². The van der Waals surface area contributed by atoms with Crippen LogP contribution in [0.15, 0.2) is 79.1 Å². The number of nitrogens with zero attached hydrogens (tertiary/aromatic N) is 3. The van der Waals surface area contributed by atoms with E-state index in [4.69, 9.17) is 0 Å². The van der Waals surface area contributed by atoms with Crippen molar-refractivity contribution in [3.05, 3.63) is 84.7 Å². The van der Waals surface area contributed by atoms with Gasteiger partial charge in [0.2, 0.25) is 5.91 Å². The standard InChI is InChI=1S/C27H26N4O/c1-19-6-4-9-22(16-19)25-17-26(29-18-28-25)31-14-12-21(13-15-31)27(32)30-24-11-5-8-20-7-2-3-10-23(20)24/h2-11,16-18,21H,12-15H2,1H3,(H,30,32). The molecule has 0 bridgehead atoms. The molecule has 0 aliphatic carbocycles. The maximum Gasteiger partial charge on any atom is 0.227 e. The molecule has 1 amide bonds. The van der Waals surface area contributed by atoms with E-state index < -0.39 is 0 Å². The van der Waals surface area contributed by atoms with Gasteiger partial charge in [0, 0.05) is 41.7 Å². The van der Waals surface area contributed by atoms with Gasteiger partial charge in [-0.15, -0.1) is 0 Å². The van der Waals surface area contributed by atoms with Crippen molar-refractivity contribution in [1.82, 2.24) is 9.97 Å². The third kappa shape index (κ3) is 4.19. The summed E-state index contributed by atoms with van der Waals surface area (Å²) >= 11 is 0. The van der Waals surface area contributed by atoms with Gasteiger partial charge < -0.3 is 10.2 Å². The van der Waals surface area contributed by atoms with Gasteiger partial charge in [-0.05, 0) is 37.3 Å². The minimum absolute atomic E-state index is 0.00305. The molecule has 0 atom stereocenters. The molecule has 0 saturated carbocycles. The number of aryl methyl sites for hydroxylation is 1. The van der Waals surface area contributed by atoms with E-state index in [9.17, 15) is 4.79 Å². The van der Waals surface area contributed by atoms with Gasteiger partial charge in [-0.1, -0.05) is 60.2 Å². The van der Waals surface area contributed by atoms with Gasteiger partial charge in [0.15, 0.2) is 0 Å². The van der Waals surface area contributed by atoms with E-state index in [2.05, 4.69) is 63.5 Å². The van der Waals surface area contributed by atoms with Gasteiger partial charge in [0.05, 0.1) is 5.69 Å². The zero-order chi connectivity index (χ0) is 21.9. The monoisotopic (exact) mass is 422 g/mol. The second kappa shape index (κ2) is 8.79. The Bertz CT molecular complexity index is 1260. The van der Waals surface area contributed by atoms with Gasteiger partial charge >= 0.3 is 0 Å². The number of carbonyl (C=O) groups excluding carboxylic acids is 1. The van der Waals surface area contributed by atoms with Crippen molar-refractivity contribution in [2.75, 3.05) is 23.3 Å². The molecule has 4 aromatic rings. The normalized spacial score (nSPS) is 14.5. The van der Waals surface area contributed by atoms with Crippen molar-refractivity contribution in [2.24, 2.45) is 5.92 Å². The fraction of sp³-hybridized carbons (Fsp3) is 0.222. The van der Waals surface area contributed by atoms with E-state index in [1.54, 1.807) is 6.33 Å². The molecule has 160 valence electrons.